The highest BCUT2D eigenvalue weighted by Crippen LogP contribution is 1.98. The maximum atomic E-state index is 7.58. The van der Waals surface area contributed by atoms with E-state index in [1.807, 2.05) is 33.2 Å². The molecule has 68 valence electrons. The summed E-state index contributed by atoms with van der Waals surface area (Å²) in [7, 11) is 2.01. The van der Waals surface area contributed by atoms with Gasteiger partial charge in [0.15, 0.2) is 0 Å². The zero-order chi connectivity index (χ0) is 9.56. The van der Waals surface area contributed by atoms with Gasteiger partial charge >= 0.3 is 0 Å². The van der Waals surface area contributed by atoms with Crippen molar-refractivity contribution in [3.8, 4) is 0 Å². The van der Waals surface area contributed by atoms with E-state index in [-0.39, 0.29) is 0 Å². The van der Waals surface area contributed by atoms with E-state index in [4.69, 9.17) is 5.41 Å². The number of rotatable bonds is 4. The van der Waals surface area contributed by atoms with Gasteiger partial charge in [-0.2, -0.15) is 0 Å². The first kappa shape index (κ1) is 11.0. The van der Waals surface area contributed by atoms with Gasteiger partial charge in [-0.1, -0.05) is 6.08 Å². The summed E-state index contributed by atoms with van der Waals surface area (Å²) in [5.74, 6) is 0. The third kappa shape index (κ3) is 3.96. The summed E-state index contributed by atoms with van der Waals surface area (Å²) in [4.78, 5) is 2.06. The van der Waals surface area contributed by atoms with E-state index in [0.717, 1.165) is 12.1 Å². The van der Waals surface area contributed by atoms with Gasteiger partial charge in [-0.05, 0) is 32.4 Å². The maximum Gasteiger partial charge on any atom is 0.0580 e. The van der Waals surface area contributed by atoms with Crippen molar-refractivity contribution >= 4 is 5.71 Å². The maximum absolute atomic E-state index is 7.58. The molecule has 0 aliphatic carbocycles. The summed E-state index contributed by atoms with van der Waals surface area (Å²) in [6, 6.07) is 0. The molecule has 0 saturated heterocycles. The van der Waals surface area contributed by atoms with Gasteiger partial charge in [0.05, 0.1) is 5.71 Å². The Balaban J connectivity index is 4.26. The molecule has 0 atom stereocenters. The van der Waals surface area contributed by atoms with Crippen LogP contribution in [0.3, 0.4) is 0 Å². The lowest BCUT2D eigenvalue weighted by molar-refractivity contribution is 0.482. The highest BCUT2D eigenvalue weighted by molar-refractivity contribution is 6.05. The number of hydrogen-bond donors (Lipinski definition) is 1. The van der Waals surface area contributed by atoms with Crippen molar-refractivity contribution in [2.24, 2.45) is 0 Å². The minimum Gasteiger partial charge on any atom is -0.380 e. The molecule has 2 heteroatoms. The van der Waals surface area contributed by atoms with E-state index in [0.29, 0.717) is 5.71 Å². The molecule has 0 unspecified atom stereocenters. The molecule has 0 aliphatic heterocycles. The van der Waals surface area contributed by atoms with Crippen LogP contribution in [-0.4, -0.2) is 24.2 Å². The van der Waals surface area contributed by atoms with Crippen molar-refractivity contribution in [2.75, 3.05) is 13.6 Å². The van der Waals surface area contributed by atoms with E-state index >= 15 is 0 Å². The van der Waals surface area contributed by atoms with Gasteiger partial charge in [0.1, 0.15) is 0 Å². The normalized spacial score (nSPS) is 12.2. The fraction of sp³-hybridized carbons (Fsp3) is 0.500. The number of nitrogens with one attached hydrogen (secondary N) is 1. The smallest absolute Gasteiger partial charge is 0.0580 e. The molecular weight excluding hydrogens is 148 g/mol. The van der Waals surface area contributed by atoms with Crippen LogP contribution >= 0.6 is 0 Å². The summed E-state index contributed by atoms with van der Waals surface area (Å²) >= 11 is 0. The first-order valence-corrected chi connectivity index (χ1v) is 4.22. The molecule has 0 aromatic carbocycles. The Bertz CT molecular complexity index is 202. The van der Waals surface area contributed by atoms with Crippen molar-refractivity contribution in [1.82, 2.24) is 4.90 Å². The predicted octanol–water partition coefficient (Wildman–Crippen LogP) is 2.44. The monoisotopic (exact) mass is 166 g/mol. The molecule has 0 rings (SSSR count). The second-order valence-electron chi connectivity index (χ2n) is 2.80. The van der Waals surface area contributed by atoms with Crippen molar-refractivity contribution in [3.63, 3.8) is 0 Å². The van der Waals surface area contributed by atoms with E-state index < -0.39 is 0 Å². The van der Waals surface area contributed by atoms with E-state index in [1.165, 1.54) is 0 Å². The molecule has 1 N–H and O–H groups in total. The highest BCUT2D eigenvalue weighted by atomic mass is 15.1. The fourth-order valence-electron chi connectivity index (χ4n) is 0.790. The molecule has 0 amide bonds. The second-order valence-corrected chi connectivity index (χ2v) is 2.80. The Morgan fingerprint density at radius 2 is 2.08 bits per heavy atom. The first-order valence-electron chi connectivity index (χ1n) is 4.22. The van der Waals surface area contributed by atoms with Crippen LogP contribution in [0.15, 0.2) is 23.9 Å². The molecule has 0 saturated carbocycles. The molecule has 0 spiro atoms. The Morgan fingerprint density at radius 1 is 1.50 bits per heavy atom. The summed E-state index contributed by atoms with van der Waals surface area (Å²) < 4.78 is 0. The molecule has 0 heterocycles. The summed E-state index contributed by atoms with van der Waals surface area (Å²) in [6.45, 7) is 6.93. The van der Waals surface area contributed by atoms with Gasteiger partial charge in [0, 0.05) is 19.8 Å². The SMILES string of the molecule is C/C=C\C(=N)/C(C)=C/N(C)CC. The zero-order valence-electron chi connectivity index (χ0n) is 8.39. The van der Waals surface area contributed by atoms with Crippen LogP contribution in [0.4, 0.5) is 0 Å². The Labute approximate surface area is 75.1 Å². The van der Waals surface area contributed by atoms with Gasteiger partial charge < -0.3 is 10.3 Å². The molecule has 0 bridgehead atoms. The Hall–Kier alpha value is -1.05. The van der Waals surface area contributed by atoms with Crippen molar-refractivity contribution in [2.45, 2.75) is 20.8 Å². The standard InChI is InChI=1S/C10H18N2/c1-5-7-10(11)9(3)8-12(4)6-2/h5,7-8,11H,6H2,1-4H3/b7-5-,9-8+,11-10?. The van der Waals surface area contributed by atoms with E-state index in [9.17, 15) is 0 Å². The number of nitrogens with zero attached hydrogens (tertiary/aromatic N) is 1. The van der Waals surface area contributed by atoms with Crippen molar-refractivity contribution in [3.05, 3.63) is 23.9 Å². The average molecular weight is 166 g/mol. The molecule has 0 aromatic rings. The first-order chi connectivity index (χ1) is 5.61. The molecule has 2 nitrogen and oxygen atoms in total. The summed E-state index contributed by atoms with van der Waals surface area (Å²) in [5.41, 5.74) is 1.58. The van der Waals surface area contributed by atoms with Crippen LogP contribution in [-0.2, 0) is 0 Å². The number of hydrogen-bond acceptors (Lipinski definition) is 2. The van der Waals surface area contributed by atoms with Gasteiger partial charge in [0.2, 0.25) is 0 Å². The van der Waals surface area contributed by atoms with Gasteiger partial charge in [-0.15, -0.1) is 0 Å². The van der Waals surface area contributed by atoms with Gasteiger partial charge in [0.25, 0.3) is 0 Å². The second kappa shape index (κ2) is 5.58. The van der Waals surface area contributed by atoms with Crippen LogP contribution in [0.5, 0.6) is 0 Å². The molecule has 0 aromatic heterocycles. The van der Waals surface area contributed by atoms with Crippen LogP contribution in [0.2, 0.25) is 0 Å². The fourth-order valence-corrected chi connectivity index (χ4v) is 0.790. The van der Waals surface area contributed by atoms with Crippen LogP contribution in [0.25, 0.3) is 0 Å². The Kier molecular flexibility index (Phi) is 5.09. The van der Waals surface area contributed by atoms with Crippen molar-refractivity contribution in [1.29, 1.82) is 5.41 Å². The minimum atomic E-state index is 0.581. The lowest BCUT2D eigenvalue weighted by atomic mass is 10.2. The van der Waals surface area contributed by atoms with Gasteiger partial charge in [-0.3, -0.25) is 0 Å². The lowest BCUT2D eigenvalue weighted by Gasteiger charge is -2.11. The van der Waals surface area contributed by atoms with Crippen LogP contribution < -0.4 is 0 Å². The van der Waals surface area contributed by atoms with Crippen LogP contribution in [0, 0.1) is 5.41 Å². The largest absolute Gasteiger partial charge is 0.380 e. The van der Waals surface area contributed by atoms with Gasteiger partial charge in [-0.25, -0.2) is 0 Å². The summed E-state index contributed by atoms with van der Waals surface area (Å²) in [5, 5.41) is 7.58. The summed E-state index contributed by atoms with van der Waals surface area (Å²) in [6.07, 6.45) is 5.67. The molecule has 12 heavy (non-hydrogen) atoms. The third-order valence-corrected chi connectivity index (χ3v) is 1.67. The minimum absolute atomic E-state index is 0.581. The third-order valence-electron chi connectivity index (χ3n) is 1.67. The molecule has 0 fully saturated rings. The molecule has 0 aliphatic rings. The molecule has 0 radical (unpaired) electrons. The quantitative estimate of drug-likeness (QED) is 0.638. The molecular formula is C10H18N2. The van der Waals surface area contributed by atoms with Crippen molar-refractivity contribution < 1.29 is 0 Å². The predicted molar refractivity (Wildman–Crippen MR) is 54.6 cm³/mol. The topological polar surface area (TPSA) is 27.1 Å². The van der Waals surface area contributed by atoms with E-state index in [2.05, 4.69) is 11.8 Å². The average Bonchev–Trinajstić information content (AvgIpc) is 2.04. The Morgan fingerprint density at radius 3 is 2.50 bits per heavy atom. The van der Waals surface area contributed by atoms with E-state index in [1.54, 1.807) is 6.08 Å². The lowest BCUT2D eigenvalue weighted by Crippen LogP contribution is -2.11. The zero-order valence-corrected chi connectivity index (χ0v) is 8.39. The highest BCUT2D eigenvalue weighted by Gasteiger charge is 1.94. The van der Waals surface area contributed by atoms with Crippen LogP contribution in [0.1, 0.15) is 20.8 Å². The number of allylic oxidation sites excluding steroid dienone is 3.